The number of rotatable bonds is 7. The van der Waals surface area contributed by atoms with Gasteiger partial charge in [-0.1, -0.05) is 48.0 Å². The quantitative estimate of drug-likeness (QED) is 0.341. The molecule has 0 saturated heterocycles. The summed E-state index contributed by atoms with van der Waals surface area (Å²) in [5, 5.41) is 2.98. The number of halogens is 3. The zero-order valence-electron chi connectivity index (χ0n) is 18.1. The van der Waals surface area contributed by atoms with Crippen molar-refractivity contribution < 1.29 is 22.7 Å². The van der Waals surface area contributed by atoms with E-state index in [-0.39, 0.29) is 6.54 Å². The summed E-state index contributed by atoms with van der Waals surface area (Å²) in [6, 6.07) is 19.4. The summed E-state index contributed by atoms with van der Waals surface area (Å²) in [6.07, 6.45) is -3.85. The van der Waals surface area contributed by atoms with Crippen LogP contribution in [0.25, 0.3) is 0 Å². The fourth-order valence-corrected chi connectivity index (χ4v) is 3.75. The Bertz CT molecular complexity index is 1290. The van der Waals surface area contributed by atoms with E-state index in [4.69, 9.17) is 4.74 Å². The summed E-state index contributed by atoms with van der Waals surface area (Å²) in [7, 11) is 0. The number of carbonyl (C=O) groups is 1. The number of aromatic nitrogens is 2. The Balaban J connectivity index is 1.37. The minimum absolute atomic E-state index is 0.0351. The molecule has 0 saturated carbocycles. The second-order valence-electron chi connectivity index (χ2n) is 7.65. The molecule has 0 atom stereocenters. The summed E-state index contributed by atoms with van der Waals surface area (Å²) in [6.45, 7) is 1.99. The van der Waals surface area contributed by atoms with Crippen LogP contribution in [0.2, 0.25) is 0 Å². The van der Waals surface area contributed by atoms with Gasteiger partial charge in [-0.2, -0.15) is 22.5 Å². The van der Waals surface area contributed by atoms with Gasteiger partial charge in [-0.25, -0.2) is 0 Å². The summed E-state index contributed by atoms with van der Waals surface area (Å²) in [5.41, 5.74) is 2.18. The van der Waals surface area contributed by atoms with Crippen molar-refractivity contribution in [2.24, 2.45) is 0 Å². The molecule has 1 N–H and O–H groups in total. The van der Waals surface area contributed by atoms with Crippen molar-refractivity contribution in [3.8, 4) is 10.9 Å². The molecule has 174 valence electrons. The summed E-state index contributed by atoms with van der Waals surface area (Å²) in [5.74, 6) is 0.615. The lowest BCUT2D eigenvalue weighted by atomic mass is 10.1. The standard InChI is InChI=1S/C25H20F3N3O2S/c1-16-8-10-17(11-9-16)13-22-30-24(34-31-22)33-21-7-3-5-19(14-21)23(32)29-15-18-4-2-6-20(12-18)25(26,27)28/h2-12,14H,13,15H2,1H3,(H,29,32). The van der Waals surface area contributed by atoms with Crippen LogP contribution in [0, 0.1) is 6.92 Å². The van der Waals surface area contributed by atoms with Gasteiger partial charge in [0.2, 0.25) is 0 Å². The van der Waals surface area contributed by atoms with E-state index in [0.29, 0.717) is 34.3 Å². The van der Waals surface area contributed by atoms with Gasteiger partial charge in [-0.3, -0.25) is 4.79 Å². The minimum atomic E-state index is -4.43. The maximum absolute atomic E-state index is 12.9. The Morgan fingerprint density at radius 1 is 1.00 bits per heavy atom. The molecule has 34 heavy (non-hydrogen) atoms. The van der Waals surface area contributed by atoms with E-state index in [1.54, 1.807) is 24.3 Å². The number of carbonyl (C=O) groups excluding carboxylic acids is 1. The van der Waals surface area contributed by atoms with Crippen molar-refractivity contribution >= 4 is 17.4 Å². The number of nitrogens with zero attached hydrogens (tertiary/aromatic N) is 2. The highest BCUT2D eigenvalue weighted by Gasteiger charge is 2.30. The lowest BCUT2D eigenvalue weighted by Crippen LogP contribution is -2.23. The highest BCUT2D eigenvalue weighted by Crippen LogP contribution is 2.29. The normalized spacial score (nSPS) is 11.3. The maximum Gasteiger partial charge on any atom is 0.416 e. The Hall–Kier alpha value is -3.72. The summed E-state index contributed by atoms with van der Waals surface area (Å²) < 4.78 is 48.7. The van der Waals surface area contributed by atoms with Crippen LogP contribution in [-0.4, -0.2) is 15.3 Å². The van der Waals surface area contributed by atoms with E-state index in [9.17, 15) is 18.0 Å². The molecular formula is C25H20F3N3O2S. The second-order valence-corrected chi connectivity index (χ2v) is 8.36. The average Bonchev–Trinajstić information content (AvgIpc) is 3.25. The molecular weight excluding hydrogens is 463 g/mol. The third kappa shape index (κ3) is 6.20. The molecule has 0 spiro atoms. The number of hydrogen-bond acceptors (Lipinski definition) is 5. The van der Waals surface area contributed by atoms with Crippen molar-refractivity contribution in [1.29, 1.82) is 0 Å². The molecule has 9 heteroatoms. The van der Waals surface area contributed by atoms with E-state index >= 15 is 0 Å². The van der Waals surface area contributed by atoms with Crippen LogP contribution in [-0.2, 0) is 19.1 Å². The van der Waals surface area contributed by atoms with E-state index < -0.39 is 17.6 Å². The fraction of sp³-hybridized carbons (Fsp3) is 0.160. The Labute approximate surface area is 198 Å². The molecule has 0 aliphatic rings. The molecule has 4 aromatic rings. The van der Waals surface area contributed by atoms with Crippen LogP contribution in [0.15, 0.2) is 72.8 Å². The number of alkyl halides is 3. The van der Waals surface area contributed by atoms with Gasteiger partial charge in [-0.15, -0.1) is 0 Å². The van der Waals surface area contributed by atoms with Crippen LogP contribution < -0.4 is 10.1 Å². The largest absolute Gasteiger partial charge is 0.430 e. The molecule has 5 nitrogen and oxygen atoms in total. The van der Waals surface area contributed by atoms with Gasteiger partial charge in [0.1, 0.15) is 5.75 Å². The molecule has 1 amide bonds. The number of benzene rings is 3. The van der Waals surface area contributed by atoms with E-state index in [0.717, 1.165) is 29.2 Å². The molecule has 1 heterocycles. The van der Waals surface area contributed by atoms with Gasteiger partial charge < -0.3 is 10.1 Å². The highest BCUT2D eigenvalue weighted by molar-refractivity contribution is 7.07. The summed E-state index contributed by atoms with van der Waals surface area (Å²) in [4.78, 5) is 16.9. The predicted molar refractivity (Wildman–Crippen MR) is 123 cm³/mol. The summed E-state index contributed by atoms with van der Waals surface area (Å²) >= 11 is 1.12. The van der Waals surface area contributed by atoms with Gasteiger partial charge in [0.05, 0.1) is 5.56 Å². The lowest BCUT2D eigenvalue weighted by molar-refractivity contribution is -0.137. The van der Waals surface area contributed by atoms with Gasteiger partial charge in [-0.05, 0) is 48.4 Å². The molecule has 4 rings (SSSR count). The third-order valence-corrected chi connectivity index (χ3v) is 5.57. The van der Waals surface area contributed by atoms with Crippen molar-refractivity contribution in [3.05, 3.63) is 106 Å². The smallest absolute Gasteiger partial charge is 0.416 e. The van der Waals surface area contributed by atoms with Crippen LogP contribution in [0.3, 0.4) is 0 Å². The number of hydrogen-bond donors (Lipinski definition) is 1. The molecule has 0 unspecified atom stereocenters. The van der Waals surface area contributed by atoms with Gasteiger partial charge in [0.25, 0.3) is 11.1 Å². The maximum atomic E-state index is 12.9. The van der Waals surface area contributed by atoms with Crippen LogP contribution in [0.4, 0.5) is 13.2 Å². The fourth-order valence-electron chi connectivity index (χ4n) is 3.18. The highest BCUT2D eigenvalue weighted by atomic mass is 32.1. The number of ether oxygens (including phenoxy) is 1. The first kappa shape index (κ1) is 23.4. The van der Waals surface area contributed by atoms with Crippen LogP contribution in [0.5, 0.6) is 10.9 Å². The molecule has 1 aromatic heterocycles. The first-order chi connectivity index (χ1) is 16.3. The average molecular weight is 484 g/mol. The van der Waals surface area contributed by atoms with E-state index in [2.05, 4.69) is 14.7 Å². The predicted octanol–water partition coefficient (Wildman–Crippen LogP) is 6.18. The van der Waals surface area contributed by atoms with Crippen molar-refractivity contribution in [3.63, 3.8) is 0 Å². The Kier molecular flexibility index (Phi) is 6.93. The number of nitrogens with one attached hydrogen (secondary N) is 1. The Morgan fingerprint density at radius 3 is 2.53 bits per heavy atom. The minimum Gasteiger partial charge on any atom is -0.430 e. The monoisotopic (exact) mass is 483 g/mol. The topological polar surface area (TPSA) is 64.1 Å². The van der Waals surface area contributed by atoms with Gasteiger partial charge >= 0.3 is 6.18 Å². The molecule has 0 fully saturated rings. The first-order valence-electron chi connectivity index (χ1n) is 10.4. The number of aryl methyl sites for hydroxylation is 1. The lowest BCUT2D eigenvalue weighted by Gasteiger charge is -2.10. The SMILES string of the molecule is Cc1ccc(Cc2nsc(Oc3cccc(C(=O)NCc4cccc(C(F)(F)F)c4)c3)n2)cc1. The van der Waals surface area contributed by atoms with E-state index in [1.165, 1.54) is 17.7 Å². The van der Waals surface area contributed by atoms with E-state index in [1.807, 2.05) is 31.2 Å². The Morgan fingerprint density at radius 2 is 1.76 bits per heavy atom. The van der Waals surface area contributed by atoms with Gasteiger partial charge in [0.15, 0.2) is 5.82 Å². The zero-order valence-corrected chi connectivity index (χ0v) is 18.9. The molecule has 0 aliphatic carbocycles. The molecule has 3 aromatic carbocycles. The van der Waals surface area contributed by atoms with Gasteiger partial charge in [0, 0.05) is 30.1 Å². The van der Waals surface area contributed by atoms with Crippen LogP contribution >= 0.6 is 11.5 Å². The van der Waals surface area contributed by atoms with Crippen molar-refractivity contribution in [1.82, 2.24) is 14.7 Å². The third-order valence-electron chi connectivity index (χ3n) is 4.94. The second kappa shape index (κ2) is 10.0. The van der Waals surface area contributed by atoms with Crippen molar-refractivity contribution in [2.75, 3.05) is 0 Å². The molecule has 0 bridgehead atoms. The molecule has 0 aliphatic heterocycles. The zero-order chi connectivity index (χ0) is 24.1. The molecule has 0 radical (unpaired) electrons. The number of amides is 1. The first-order valence-corrected chi connectivity index (χ1v) is 11.1. The van der Waals surface area contributed by atoms with Crippen molar-refractivity contribution in [2.45, 2.75) is 26.1 Å². The van der Waals surface area contributed by atoms with Crippen LogP contribution in [0.1, 0.15) is 38.4 Å².